The second kappa shape index (κ2) is 4.09. The topological polar surface area (TPSA) is 74.7 Å². The van der Waals surface area contributed by atoms with Crippen molar-refractivity contribution in [2.45, 2.75) is 38.6 Å². The van der Waals surface area contributed by atoms with E-state index in [1.165, 1.54) is 6.92 Å². The fourth-order valence-corrected chi connectivity index (χ4v) is 3.89. The minimum absolute atomic E-state index is 0.0237. The van der Waals surface area contributed by atoms with Gasteiger partial charge in [0, 0.05) is 6.54 Å². The molecule has 5 nitrogen and oxygen atoms in total. The van der Waals surface area contributed by atoms with Gasteiger partial charge in [-0.3, -0.25) is 4.79 Å². The summed E-state index contributed by atoms with van der Waals surface area (Å²) in [4.78, 5) is 11.1. The second-order valence-corrected chi connectivity index (χ2v) is 6.08. The number of carboxylic acid groups (broad SMARTS) is 1. The molecule has 1 aliphatic heterocycles. The van der Waals surface area contributed by atoms with Crippen LogP contribution in [0.2, 0.25) is 0 Å². The van der Waals surface area contributed by atoms with Gasteiger partial charge in [0.05, 0.1) is 5.75 Å². The van der Waals surface area contributed by atoms with Crippen LogP contribution in [0.25, 0.3) is 0 Å². The Balaban J connectivity index is 3.00. The minimum atomic E-state index is -3.41. The van der Waals surface area contributed by atoms with E-state index in [4.69, 9.17) is 5.11 Å². The first-order chi connectivity index (χ1) is 6.84. The largest absolute Gasteiger partial charge is 0.480 e. The molecule has 0 aliphatic carbocycles. The molecule has 0 aromatic rings. The molecule has 1 aliphatic rings. The van der Waals surface area contributed by atoms with Crippen molar-refractivity contribution >= 4 is 16.0 Å². The Morgan fingerprint density at radius 2 is 2.13 bits per heavy atom. The summed E-state index contributed by atoms with van der Waals surface area (Å²) in [6, 6.07) is 0. The molecular weight excluding hydrogens is 218 g/mol. The van der Waals surface area contributed by atoms with Gasteiger partial charge in [-0.15, -0.1) is 0 Å². The first-order valence-corrected chi connectivity index (χ1v) is 6.69. The van der Waals surface area contributed by atoms with Crippen LogP contribution in [-0.4, -0.2) is 41.6 Å². The zero-order valence-electron chi connectivity index (χ0n) is 9.06. The summed E-state index contributed by atoms with van der Waals surface area (Å²) in [7, 11) is -3.41. The summed E-state index contributed by atoms with van der Waals surface area (Å²) in [6.07, 6.45) is 1.52. The fraction of sp³-hybridized carbons (Fsp3) is 0.889. The lowest BCUT2D eigenvalue weighted by atomic mass is 10.0. The Kier molecular flexibility index (Phi) is 3.40. The average Bonchev–Trinajstić information content (AvgIpc) is 2.49. The molecular formula is C9H17NO4S. The Morgan fingerprint density at radius 3 is 2.60 bits per heavy atom. The fourth-order valence-electron chi connectivity index (χ4n) is 1.97. The molecule has 6 heteroatoms. The van der Waals surface area contributed by atoms with E-state index in [0.29, 0.717) is 25.8 Å². The molecule has 1 rings (SSSR count). The molecule has 88 valence electrons. The van der Waals surface area contributed by atoms with Crippen LogP contribution in [0.5, 0.6) is 0 Å². The standard InChI is InChI=1S/C9H17NO4S/c1-3-7-15(13,14)10-6-4-5-9(10,2)8(11)12/h3-7H2,1-2H3,(H,11,12). The Bertz CT molecular complexity index is 351. The number of carbonyl (C=O) groups is 1. The molecule has 1 heterocycles. The number of sulfonamides is 1. The highest BCUT2D eigenvalue weighted by atomic mass is 32.2. The molecule has 1 saturated heterocycles. The molecule has 1 unspecified atom stereocenters. The third kappa shape index (κ3) is 2.15. The summed E-state index contributed by atoms with van der Waals surface area (Å²) >= 11 is 0. The summed E-state index contributed by atoms with van der Waals surface area (Å²) in [5, 5.41) is 9.07. The van der Waals surface area contributed by atoms with Gasteiger partial charge in [0.2, 0.25) is 10.0 Å². The smallest absolute Gasteiger partial charge is 0.324 e. The Labute approximate surface area is 90.1 Å². The zero-order chi connectivity index (χ0) is 11.7. The lowest BCUT2D eigenvalue weighted by Gasteiger charge is -2.30. The third-order valence-electron chi connectivity index (χ3n) is 2.83. The Morgan fingerprint density at radius 1 is 1.53 bits per heavy atom. The number of rotatable bonds is 4. The minimum Gasteiger partial charge on any atom is -0.480 e. The van der Waals surface area contributed by atoms with E-state index in [0.717, 1.165) is 4.31 Å². The van der Waals surface area contributed by atoms with Gasteiger partial charge < -0.3 is 5.11 Å². The summed E-state index contributed by atoms with van der Waals surface area (Å²) in [5.74, 6) is -1.03. The van der Waals surface area contributed by atoms with Crippen molar-refractivity contribution in [3.8, 4) is 0 Å². The number of nitrogens with zero attached hydrogens (tertiary/aromatic N) is 1. The predicted octanol–water partition coefficient (Wildman–Crippen LogP) is 0.665. The van der Waals surface area contributed by atoms with Gasteiger partial charge in [-0.2, -0.15) is 4.31 Å². The van der Waals surface area contributed by atoms with Gasteiger partial charge in [-0.1, -0.05) is 6.92 Å². The van der Waals surface area contributed by atoms with Gasteiger partial charge in [0.1, 0.15) is 5.54 Å². The van der Waals surface area contributed by atoms with E-state index in [-0.39, 0.29) is 5.75 Å². The predicted molar refractivity (Wildman–Crippen MR) is 56.1 cm³/mol. The van der Waals surface area contributed by atoms with E-state index < -0.39 is 21.5 Å². The quantitative estimate of drug-likeness (QED) is 0.777. The maximum absolute atomic E-state index is 11.8. The molecule has 0 saturated carbocycles. The van der Waals surface area contributed by atoms with Gasteiger partial charge in [-0.25, -0.2) is 8.42 Å². The molecule has 0 amide bonds. The first kappa shape index (κ1) is 12.4. The molecule has 1 N–H and O–H groups in total. The first-order valence-electron chi connectivity index (χ1n) is 5.08. The van der Waals surface area contributed by atoms with Crippen molar-refractivity contribution in [2.75, 3.05) is 12.3 Å². The van der Waals surface area contributed by atoms with Gasteiger partial charge in [0.15, 0.2) is 0 Å². The van der Waals surface area contributed by atoms with Crippen LogP contribution in [0.3, 0.4) is 0 Å². The summed E-state index contributed by atoms with van der Waals surface area (Å²) < 4.78 is 24.8. The normalized spacial score (nSPS) is 28.1. The third-order valence-corrected chi connectivity index (χ3v) is 5.02. The molecule has 0 spiro atoms. The molecule has 0 aromatic carbocycles. The number of aliphatic carboxylic acids is 1. The molecule has 15 heavy (non-hydrogen) atoms. The number of carboxylic acids is 1. The van der Waals surface area contributed by atoms with Crippen molar-refractivity contribution in [3.05, 3.63) is 0 Å². The monoisotopic (exact) mass is 235 g/mol. The van der Waals surface area contributed by atoms with Crippen molar-refractivity contribution in [2.24, 2.45) is 0 Å². The van der Waals surface area contributed by atoms with Crippen molar-refractivity contribution < 1.29 is 18.3 Å². The van der Waals surface area contributed by atoms with Crippen LogP contribution in [0.1, 0.15) is 33.1 Å². The maximum atomic E-state index is 11.8. The highest BCUT2D eigenvalue weighted by Gasteiger charge is 2.48. The SMILES string of the molecule is CCCS(=O)(=O)N1CCCC1(C)C(=O)O. The van der Waals surface area contributed by atoms with Crippen LogP contribution in [0.4, 0.5) is 0 Å². The molecule has 0 aromatic heterocycles. The lowest BCUT2D eigenvalue weighted by Crippen LogP contribution is -2.51. The second-order valence-electron chi connectivity index (χ2n) is 4.07. The van der Waals surface area contributed by atoms with Crippen LogP contribution in [0, 0.1) is 0 Å². The van der Waals surface area contributed by atoms with Crippen molar-refractivity contribution in [1.82, 2.24) is 4.31 Å². The molecule has 1 atom stereocenters. The van der Waals surface area contributed by atoms with Gasteiger partial charge in [0.25, 0.3) is 0 Å². The van der Waals surface area contributed by atoms with E-state index in [1.807, 2.05) is 0 Å². The average molecular weight is 235 g/mol. The van der Waals surface area contributed by atoms with E-state index >= 15 is 0 Å². The van der Waals surface area contributed by atoms with Crippen LogP contribution in [-0.2, 0) is 14.8 Å². The molecule has 1 fully saturated rings. The van der Waals surface area contributed by atoms with Crippen molar-refractivity contribution in [1.29, 1.82) is 0 Å². The van der Waals surface area contributed by atoms with E-state index in [1.54, 1.807) is 6.92 Å². The summed E-state index contributed by atoms with van der Waals surface area (Å²) in [6.45, 7) is 3.58. The van der Waals surface area contributed by atoms with Gasteiger partial charge in [-0.05, 0) is 26.2 Å². The van der Waals surface area contributed by atoms with Crippen LogP contribution in [0.15, 0.2) is 0 Å². The van der Waals surface area contributed by atoms with E-state index in [2.05, 4.69) is 0 Å². The zero-order valence-corrected chi connectivity index (χ0v) is 9.88. The lowest BCUT2D eigenvalue weighted by molar-refractivity contribution is -0.146. The van der Waals surface area contributed by atoms with Crippen LogP contribution >= 0.6 is 0 Å². The highest BCUT2D eigenvalue weighted by Crippen LogP contribution is 2.32. The number of hydrogen-bond donors (Lipinski definition) is 1. The highest BCUT2D eigenvalue weighted by molar-refractivity contribution is 7.89. The number of hydrogen-bond acceptors (Lipinski definition) is 3. The maximum Gasteiger partial charge on any atom is 0.324 e. The molecule has 0 bridgehead atoms. The van der Waals surface area contributed by atoms with E-state index in [9.17, 15) is 13.2 Å². The molecule has 0 radical (unpaired) electrons. The van der Waals surface area contributed by atoms with Crippen molar-refractivity contribution in [3.63, 3.8) is 0 Å². The van der Waals surface area contributed by atoms with Gasteiger partial charge >= 0.3 is 5.97 Å². The van der Waals surface area contributed by atoms with Crippen LogP contribution < -0.4 is 0 Å². The Hall–Kier alpha value is -0.620. The summed E-state index contributed by atoms with van der Waals surface area (Å²) in [5.41, 5.74) is -1.24.